The minimum atomic E-state index is -2.24. The van der Waals surface area contributed by atoms with Gasteiger partial charge in [0.15, 0.2) is 23.3 Å². The summed E-state index contributed by atoms with van der Waals surface area (Å²) < 4.78 is 75.5. The van der Waals surface area contributed by atoms with Crippen molar-refractivity contribution in [2.45, 2.75) is 0 Å². The second-order valence-electron chi connectivity index (χ2n) is 16.6. The Kier molecular flexibility index (Phi) is 9.72. The lowest BCUT2D eigenvalue weighted by Crippen LogP contribution is -2.18. The van der Waals surface area contributed by atoms with Gasteiger partial charge in [-0.25, -0.2) is 26.9 Å². The predicted molar refractivity (Wildman–Crippen MR) is 265 cm³/mol. The topological polar surface area (TPSA) is 22.6 Å². The van der Waals surface area contributed by atoms with E-state index in [4.69, 9.17) is 0 Å². The van der Waals surface area contributed by atoms with Crippen molar-refractivity contribution in [2.24, 2.45) is 0 Å². The molecule has 0 aliphatic carbocycles. The number of hydrogen-bond donors (Lipinski definition) is 0. The molecule has 0 atom stereocenters. The van der Waals surface area contributed by atoms with Crippen LogP contribution in [0.4, 0.5) is 73.3 Å². The Hall–Kier alpha value is -8.82. The van der Waals surface area contributed by atoms with Crippen molar-refractivity contribution in [3.8, 4) is 22.3 Å². The smallest absolute Gasteiger partial charge is 0.200 e. The molecule has 0 fully saturated rings. The Morgan fingerprint density at radius 2 is 0.912 bits per heavy atom. The van der Waals surface area contributed by atoms with Gasteiger partial charge in [0.1, 0.15) is 11.5 Å². The summed E-state index contributed by atoms with van der Waals surface area (Å²) in [5.74, 6) is -10.3. The summed E-state index contributed by atoms with van der Waals surface area (Å²) in [6.07, 6.45) is 1.56. The summed E-state index contributed by atoms with van der Waals surface area (Å²) in [7, 11) is 0. The van der Waals surface area contributed by atoms with Crippen LogP contribution in [0.5, 0.6) is 0 Å². The van der Waals surface area contributed by atoms with E-state index in [1.165, 1.54) is 6.07 Å². The van der Waals surface area contributed by atoms with Crippen LogP contribution >= 0.6 is 0 Å². The van der Waals surface area contributed by atoms with Gasteiger partial charge in [0.05, 0.1) is 11.4 Å². The van der Waals surface area contributed by atoms with Crippen LogP contribution in [0.2, 0.25) is 0 Å². The minimum absolute atomic E-state index is 0.0526. The molecule has 4 nitrogen and oxygen atoms in total. The zero-order valence-corrected chi connectivity index (χ0v) is 35.9. The van der Waals surface area contributed by atoms with Gasteiger partial charge in [0.25, 0.3) is 0 Å². The number of aromatic nitrogens is 1. The second-order valence-corrected chi connectivity index (χ2v) is 16.6. The third-order valence-electron chi connectivity index (χ3n) is 12.7. The summed E-state index contributed by atoms with van der Waals surface area (Å²) >= 11 is 0. The average molecular weight is 895 g/mol. The van der Waals surface area contributed by atoms with Crippen LogP contribution in [0.1, 0.15) is 0 Å². The average Bonchev–Trinajstić information content (AvgIpc) is 3.39. The third kappa shape index (κ3) is 6.61. The number of para-hydroxylation sites is 2. The Morgan fingerprint density at radius 1 is 0.368 bits per heavy atom. The molecule has 1 aliphatic rings. The molecule has 0 saturated heterocycles. The van der Waals surface area contributed by atoms with Crippen LogP contribution in [-0.2, 0) is 0 Å². The first-order valence-electron chi connectivity index (χ1n) is 22.0. The highest BCUT2D eigenvalue weighted by Crippen LogP contribution is 2.54. The number of rotatable bonds is 8. The molecule has 0 amide bonds. The summed E-state index contributed by atoms with van der Waals surface area (Å²) in [6, 6.07) is 67.8. The van der Waals surface area contributed by atoms with Gasteiger partial charge in [0.2, 0.25) is 5.82 Å². The van der Waals surface area contributed by atoms with Gasteiger partial charge in [-0.15, -0.1) is 0 Å². The molecule has 12 rings (SSSR count). The van der Waals surface area contributed by atoms with Crippen molar-refractivity contribution in [2.75, 3.05) is 14.7 Å². The molecule has 0 bridgehead atoms. The molecule has 11 aromatic rings. The molecular weight excluding hydrogens is 860 g/mol. The molecular formula is C59H35F5N4. The number of hydrogen-bond acceptors (Lipinski definition) is 4. The highest BCUT2D eigenvalue weighted by Gasteiger charge is 2.32. The van der Waals surface area contributed by atoms with E-state index < -0.39 is 34.8 Å². The van der Waals surface area contributed by atoms with Gasteiger partial charge in [-0.05, 0) is 117 Å². The Morgan fingerprint density at radius 3 is 1.56 bits per heavy atom. The van der Waals surface area contributed by atoms with Crippen molar-refractivity contribution in [3.05, 3.63) is 242 Å². The van der Waals surface area contributed by atoms with Crippen molar-refractivity contribution in [1.82, 2.24) is 4.98 Å². The number of pyridine rings is 1. The number of fused-ring (bicyclic) bond motifs is 4. The van der Waals surface area contributed by atoms with Crippen molar-refractivity contribution < 1.29 is 22.0 Å². The molecule has 0 unspecified atom stereocenters. The SMILES string of the molecule is Fc1c(F)c(F)c(N(c2ccc3ccccc3c2)c2ccc(-c3ccc4c5c(cccc35)N(c3ccccc3)c3cc(N(c5ccccc5)c5ccc6ccccc6c5)ccc3-4)cn2)c(F)c1F. The molecule has 10 aromatic carbocycles. The third-order valence-corrected chi connectivity index (χ3v) is 12.7. The Balaban J connectivity index is 1.00. The predicted octanol–water partition coefficient (Wildman–Crippen LogP) is 17.3. The minimum Gasteiger partial charge on any atom is -0.310 e. The largest absolute Gasteiger partial charge is 0.310 e. The number of benzene rings is 10. The van der Waals surface area contributed by atoms with Crippen LogP contribution in [-0.4, -0.2) is 4.98 Å². The van der Waals surface area contributed by atoms with Gasteiger partial charge in [-0.1, -0.05) is 127 Å². The van der Waals surface area contributed by atoms with E-state index in [1.54, 1.807) is 42.6 Å². The first kappa shape index (κ1) is 40.7. The van der Waals surface area contributed by atoms with Crippen molar-refractivity contribution in [3.63, 3.8) is 0 Å². The fourth-order valence-corrected chi connectivity index (χ4v) is 9.61. The van der Waals surface area contributed by atoms with Gasteiger partial charge in [0, 0.05) is 51.1 Å². The lowest BCUT2D eigenvalue weighted by atomic mass is 9.87. The standard InChI is InChI=1S/C59H35F5N4/c60-54-55(61)57(63)59(58(64)56(54)62)68(44-26-23-37-13-8-10-15-39(37)33-44)52-31-24-40(35-65-52)46-29-30-49-47-28-27-45(34-51(47)67(42-18-5-2-6-19-42)50-21-11-20-48(46)53(49)50)66(41-16-3-1-4-17-41)43-25-22-36-12-7-9-14-38(36)32-43/h1-35H. The van der Waals surface area contributed by atoms with E-state index in [-0.39, 0.29) is 11.5 Å². The van der Waals surface area contributed by atoms with E-state index >= 15 is 8.78 Å². The van der Waals surface area contributed by atoms with Crippen LogP contribution in [0.3, 0.4) is 0 Å². The fraction of sp³-hybridized carbons (Fsp3) is 0. The number of anilines is 9. The quantitative estimate of drug-likeness (QED) is 0.0861. The van der Waals surface area contributed by atoms with E-state index in [0.29, 0.717) is 10.9 Å². The summed E-state index contributed by atoms with van der Waals surface area (Å²) in [6.45, 7) is 0. The van der Waals surface area contributed by atoms with E-state index in [2.05, 4.69) is 112 Å². The summed E-state index contributed by atoms with van der Waals surface area (Å²) in [5, 5.41) is 5.75. The second kappa shape index (κ2) is 16.3. The molecule has 0 saturated carbocycles. The Bertz CT molecular complexity index is 3740. The van der Waals surface area contributed by atoms with Gasteiger partial charge < -0.3 is 9.80 Å². The zero-order valence-electron chi connectivity index (χ0n) is 35.9. The maximum Gasteiger partial charge on any atom is 0.200 e. The van der Waals surface area contributed by atoms with Gasteiger partial charge in [-0.3, -0.25) is 4.90 Å². The summed E-state index contributed by atoms with van der Waals surface area (Å²) in [4.78, 5) is 10.2. The molecule has 326 valence electrons. The molecule has 1 aromatic heterocycles. The van der Waals surface area contributed by atoms with Crippen LogP contribution < -0.4 is 14.7 Å². The normalized spacial score (nSPS) is 11.9. The fourth-order valence-electron chi connectivity index (χ4n) is 9.61. The van der Waals surface area contributed by atoms with Gasteiger partial charge >= 0.3 is 0 Å². The van der Waals surface area contributed by atoms with Crippen LogP contribution in [0, 0.1) is 29.1 Å². The van der Waals surface area contributed by atoms with Crippen molar-refractivity contribution >= 4 is 83.6 Å². The molecule has 68 heavy (non-hydrogen) atoms. The van der Waals surface area contributed by atoms with Crippen molar-refractivity contribution in [1.29, 1.82) is 0 Å². The molecule has 1 aliphatic heterocycles. The first-order valence-corrected chi connectivity index (χ1v) is 22.0. The van der Waals surface area contributed by atoms with Gasteiger partial charge in [-0.2, -0.15) is 0 Å². The lowest BCUT2D eigenvalue weighted by molar-refractivity contribution is 0.380. The maximum atomic E-state index is 15.7. The van der Waals surface area contributed by atoms with E-state index in [9.17, 15) is 13.2 Å². The first-order chi connectivity index (χ1) is 33.3. The zero-order chi connectivity index (χ0) is 46.0. The summed E-state index contributed by atoms with van der Waals surface area (Å²) in [5.41, 5.74) is 8.54. The Labute approximate surface area is 387 Å². The van der Waals surface area contributed by atoms with Crippen LogP contribution in [0.15, 0.2) is 212 Å². The molecule has 0 N–H and O–H groups in total. The van der Waals surface area contributed by atoms with Crippen LogP contribution in [0.25, 0.3) is 54.6 Å². The monoisotopic (exact) mass is 894 g/mol. The highest BCUT2D eigenvalue weighted by molar-refractivity contribution is 6.17. The molecule has 2 heterocycles. The molecule has 0 spiro atoms. The highest BCUT2D eigenvalue weighted by atomic mass is 19.2. The lowest BCUT2D eigenvalue weighted by Gasteiger charge is -2.35. The van der Waals surface area contributed by atoms with E-state index in [1.807, 2.05) is 66.7 Å². The maximum absolute atomic E-state index is 15.7. The number of nitrogens with zero attached hydrogens (tertiary/aromatic N) is 4. The molecule has 9 heteroatoms. The van der Waals surface area contributed by atoms with E-state index in [0.717, 1.165) is 82.6 Å². The molecule has 0 radical (unpaired) electrons. The number of halogens is 5.